The third kappa shape index (κ3) is 6.40. The van der Waals surface area contributed by atoms with E-state index in [4.69, 9.17) is 14.7 Å². The zero-order chi connectivity index (χ0) is 21.1. The van der Waals surface area contributed by atoms with E-state index < -0.39 is 5.97 Å². The Morgan fingerprint density at radius 2 is 1.86 bits per heavy atom. The van der Waals surface area contributed by atoms with Crippen molar-refractivity contribution in [3.05, 3.63) is 60.2 Å². The van der Waals surface area contributed by atoms with Crippen LogP contribution in [0.25, 0.3) is 6.08 Å². The highest BCUT2D eigenvalue weighted by Crippen LogP contribution is 2.29. The molecule has 0 spiro atoms. The van der Waals surface area contributed by atoms with E-state index in [0.717, 1.165) is 0 Å². The van der Waals surface area contributed by atoms with Gasteiger partial charge in [-0.1, -0.05) is 24.3 Å². The number of para-hydroxylation sites is 1. The third-order valence-corrected chi connectivity index (χ3v) is 3.97. The zero-order valence-electron chi connectivity index (χ0n) is 16.3. The monoisotopic (exact) mass is 394 g/mol. The molecular weight excluding hydrogens is 372 g/mol. The summed E-state index contributed by atoms with van der Waals surface area (Å²) in [6, 6.07) is 16.2. The number of nitrogens with zero attached hydrogens (tertiary/aromatic N) is 2. The van der Waals surface area contributed by atoms with E-state index in [1.165, 1.54) is 25.2 Å². The molecule has 0 radical (unpaired) electrons. The van der Waals surface area contributed by atoms with Crippen LogP contribution in [0.2, 0.25) is 0 Å². The van der Waals surface area contributed by atoms with Gasteiger partial charge in [0.25, 0.3) is 5.91 Å². The second kappa shape index (κ2) is 11.1. The molecule has 0 aliphatic heterocycles. The molecule has 2 aromatic rings. The van der Waals surface area contributed by atoms with Gasteiger partial charge in [-0.25, -0.2) is 4.79 Å². The summed E-state index contributed by atoms with van der Waals surface area (Å²) in [7, 11) is 2.79. The summed E-state index contributed by atoms with van der Waals surface area (Å²) < 4.78 is 15.5. The van der Waals surface area contributed by atoms with Crippen molar-refractivity contribution < 1.29 is 23.8 Å². The first-order valence-corrected chi connectivity index (χ1v) is 8.88. The standard InChI is InChI=1S/C22H22N2O5/c1-27-20-15-17(10-12-22(26)28-2)9-11-19(20)29-16-21(25)24(14-6-13-23)18-7-4-3-5-8-18/h3-5,7-12,15H,6,14,16H2,1-2H3/b12-10+. The van der Waals surface area contributed by atoms with E-state index in [1.807, 2.05) is 18.2 Å². The molecule has 2 rings (SSSR count). The fourth-order valence-electron chi connectivity index (χ4n) is 2.52. The topological polar surface area (TPSA) is 88.9 Å². The number of hydrogen-bond acceptors (Lipinski definition) is 6. The highest BCUT2D eigenvalue weighted by atomic mass is 16.5. The average Bonchev–Trinajstić information content (AvgIpc) is 2.77. The van der Waals surface area contributed by atoms with Crippen molar-refractivity contribution in [2.75, 3.05) is 32.3 Å². The van der Waals surface area contributed by atoms with Crippen molar-refractivity contribution in [1.82, 2.24) is 0 Å². The van der Waals surface area contributed by atoms with Gasteiger partial charge in [-0.2, -0.15) is 5.26 Å². The van der Waals surface area contributed by atoms with Gasteiger partial charge in [-0.15, -0.1) is 0 Å². The molecular formula is C22H22N2O5. The smallest absolute Gasteiger partial charge is 0.330 e. The molecule has 0 fully saturated rings. The Bertz CT molecular complexity index is 903. The molecule has 2 aromatic carbocycles. The number of carbonyl (C=O) groups excluding carboxylic acids is 2. The Labute approximate surface area is 169 Å². The van der Waals surface area contributed by atoms with Crippen LogP contribution in [0.15, 0.2) is 54.6 Å². The molecule has 0 N–H and O–H groups in total. The predicted octanol–water partition coefficient (Wildman–Crippen LogP) is 3.21. The summed E-state index contributed by atoms with van der Waals surface area (Å²) in [5, 5.41) is 8.87. The Hall–Kier alpha value is -3.79. The van der Waals surface area contributed by atoms with Crippen LogP contribution in [0.4, 0.5) is 5.69 Å². The lowest BCUT2D eigenvalue weighted by atomic mass is 10.2. The van der Waals surface area contributed by atoms with E-state index in [9.17, 15) is 9.59 Å². The molecule has 0 unspecified atom stereocenters. The summed E-state index contributed by atoms with van der Waals surface area (Å²) >= 11 is 0. The molecule has 0 atom stereocenters. The number of methoxy groups -OCH3 is 2. The van der Waals surface area contributed by atoms with Crippen molar-refractivity contribution in [2.45, 2.75) is 6.42 Å². The second-order valence-electron chi connectivity index (χ2n) is 5.84. The first-order valence-electron chi connectivity index (χ1n) is 8.88. The Kier molecular flexibility index (Phi) is 8.27. The maximum Gasteiger partial charge on any atom is 0.330 e. The third-order valence-electron chi connectivity index (χ3n) is 3.97. The number of ether oxygens (including phenoxy) is 3. The van der Waals surface area contributed by atoms with Gasteiger partial charge < -0.3 is 19.1 Å². The van der Waals surface area contributed by atoms with Crippen molar-refractivity contribution in [2.24, 2.45) is 0 Å². The quantitative estimate of drug-likeness (QED) is 0.479. The zero-order valence-corrected chi connectivity index (χ0v) is 16.3. The number of anilines is 1. The lowest BCUT2D eigenvalue weighted by Crippen LogP contribution is -2.35. The van der Waals surface area contributed by atoms with Gasteiger partial charge in [0.1, 0.15) is 0 Å². The van der Waals surface area contributed by atoms with Crippen molar-refractivity contribution >= 4 is 23.6 Å². The molecule has 29 heavy (non-hydrogen) atoms. The summed E-state index contributed by atoms with van der Waals surface area (Å²) in [5.41, 5.74) is 1.41. The van der Waals surface area contributed by atoms with Crippen LogP contribution in [-0.4, -0.2) is 39.2 Å². The van der Waals surface area contributed by atoms with Gasteiger partial charge in [-0.3, -0.25) is 4.79 Å². The minimum atomic E-state index is -0.465. The number of rotatable bonds is 9. The van der Waals surface area contributed by atoms with E-state index in [1.54, 1.807) is 36.4 Å². The van der Waals surface area contributed by atoms with Crippen LogP contribution in [-0.2, 0) is 14.3 Å². The van der Waals surface area contributed by atoms with Gasteiger partial charge in [0.15, 0.2) is 18.1 Å². The largest absolute Gasteiger partial charge is 0.493 e. The van der Waals surface area contributed by atoms with E-state index in [0.29, 0.717) is 22.7 Å². The lowest BCUT2D eigenvalue weighted by Gasteiger charge is -2.22. The van der Waals surface area contributed by atoms with Gasteiger partial charge in [0.2, 0.25) is 0 Å². The number of nitriles is 1. The van der Waals surface area contributed by atoms with E-state index >= 15 is 0 Å². The summed E-state index contributed by atoms with van der Waals surface area (Å²) in [4.78, 5) is 25.4. The highest BCUT2D eigenvalue weighted by molar-refractivity contribution is 5.94. The average molecular weight is 394 g/mol. The van der Waals surface area contributed by atoms with Gasteiger partial charge in [0.05, 0.1) is 26.7 Å². The van der Waals surface area contributed by atoms with Gasteiger partial charge in [0, 0.05) is 18.3 Å². The Balaban J connectivity index is 2.10. The molecule has 0 saturated heterocycles. The predicted molar refractivity (Wildman–Crippen MR) is 109 cm³/mol. The molecule has 0 saturated carbocycles. The molecule has 0 aliphatic rings. The van der Waals surface area contributed by atoms with Crippen LogP contribution in [0, 0.1) is 11.3 Å². The van der Waals surface area contributed by atoms with E-state index in [2.05, 4.69) is 10.8 Å². The first kappa shape index (κ1) is 21.5. The minimum absolute atomic E-state index is 0.213. The molecule has 150 valence electrons. The van der Waals surface area contributed by atoms with Crippen molar-refractivity contribution in [1.29, 1.82) is 5.26 Å². The maximum absolute atomic E-state index is 12.7. The molecule has 7 heteroatoms. The van der Waals surface area contributed by atoms with Crippen LogP contribution in [0.1, 0.15) is 12.0 Å². The maximum atomic E-state index is 12.7. The molecule has 0 bridgehead atoms. The minimum Gasteiger partial charge on any atom is -0.493 e. The summed E-state index contributed by atoms with van der Waals surface area (Å²) in [6.45, 7) is 0.0606. The summed E-state index contributed by atoms with van der Waals surface area (Å²) in [6.07, 6.45) is 3.10. The van der Waals surface area contributed by atoms with Crippen molar-refractivity contribution in [3.63, 3.8) is 0 Å². The lowest BCUT2D eigenvalue weighted by molar-refractivity contribution is -0.134. The second-order valence-corrected chi connectivity index (χ2v) is 5.84. The van der Waals surface area contributed by atoms with Crippen LogP contribution in [0.5, 0.6) is 11.5 Å². The molecule has 0 aliphatic carbocycles. The normalized spacial score (nSPS) is 10.2. The Morgan fingerprint density at radius 3 is 2.52 bits per heavy atom. The molecule has 0 heterocycles. The first-order chi connectivity index (χ1) is 14.1. The van der Waals surface area contributed by atoms with Crippen LogP contribution >= 0.6 is 0 Å². The van der Waals surface area contributed by atoms with Gasteiger partial charge >= 0.3 is 5.97 Å². The number of esters is 1. The number of amides is 1. The van der Waals surface area contributed by atoms with Gasteiger partial charge in [-0.05, 0) is 35.9 Å². The molecule has 0 aromatic heterocycles. The fraction of sp³-hybridized carbons (Fsp3) is 0.227. The number of carbonyl (C=O) groups is 2. The Morgan fingerprint density at radius 1 is 1.10 bits per heavy atom. The number of hydrogen-bond donors (Lipinski definition) is 0. The van der Waals surface area contributed by atoms with Crippen LogP contribution < -0.4 is 14.4 Å². The van der Waals surface area contributed by atoms with Crippen LogP contribution in [0.3, 0.4) is 0 Å². The SMILES string of the molecule is COC(=O)/C=C/c1ccc(OCC(=O)N(CCC#N)c2ccccc2)c(OC)c1. The van der Waals surface area contributed by atoms with E-state index in [-0.39, 0.29) is 25.5 Å². The highest BCUT2D eigenvalue weighted by Gasteiger charge is 2.17. The molecule has 1 amide bonds. The molecule has 7 nitrogen and oxygen atoms in total. The fourth-order valence-corrected chi connectivity index (χ4v) is 2.52. The summed E-state index contributed by atoms with van der Waals surface area (Å²) in [5.74, 6) is 0.0777. The van der Waals surface area contributed by atoms with Crippen molar-refractivity contribution in [3.8, 4) is 17.6 Å². The number of benzene rings is 2.